The smallest absolute Gasteiger partial charge is 0.405 e. The minimum absolute atomic E-state index is 0.00495. The van der Waals surface area contributed by atoms with Gasteiger partial charge in [-0.15, -0.1) is 11.3 Å². The molecule has 4 N–H and O–H groups in total. The zero-order valence-corrected chi connectivity index (χ0v) is 35.9. The predicted octanol–water partition coefficient (Wildman–Crippen LogP) is 5.05. The second-order valence-electron chi connectivity index (χ2n) is 16.6. The van der Waals surface area contributed by atoms with Crippen LogP contribution in [0, 0.1) is 5.92 Å². The third kappa shape index (κ3) is 9.29. The van der Waals surface area contributed by atoms with Gasteiger partial charge in [0.1, 0.15) is 35.2 Å². The molecule has 2 aromatic heterocycles. The van der Waals surface area contributed by atoms with Crippen molar-refractivity contribution in [2.45, 2.75) is 126 Å². The summed E-state index contributed by atoms with van der Waals surface area (Å²) in [6.07, 6.45) is 4.13. The number of amides is 4. The van der Waals surface area contributed by atoms with Crippen molar-refractivity contribution < 1.29 is 46.9 Å². The Morgan fingerprint density at radius 3 is 2.52 bits per heavy atom. The lowest BCUT2D eigenvalue weighted by Gasteiger charge is -2.33. The maximum absolute atomic E-state index is 14.7. The summed E-state index contributed by atoms with van der Waals surface area (Å²) in [7, 11) is -4.04. The van der Waals surface area contributed by atoms with Gasteiger partial charge in [-0.25, -0.2) is 18.2 Å². The molecule has 0 bridgehead atoms. The summed E-state index contributed by atoms with van der Waals surface area (Å²) in [4.78, 5) is 66.5. The van der Waals surface area contributed by atoms with Gasteiger partial charge in [0.15, 0.2) is 0 Å². The number of nitrogens with one attached hydrogen (secondary N) is 3. The molecule has 0 radical (unpaired) electrons. The molecule has 7 atom stereocenters. The van der Waals surface area contributed by atoms with Crippen LogP contribution in [0.4, 0.5) is 4.79 Å². The number of hydrogen-bond acceptors (Lipinski definition) is 12. The number of rotatable bonds is 11. The Hall–Kier alpha value is -5.07. The number of aromatic nitrogens is 2. The van der Waals surface area contributed by atoms with Crippen molar-refractivity contribution in [3.63, 3.8) is 0 Å². The number of sulfonamides is 1. The molecule has 4 heterocycles. The number of hydrogen-bond donors (Lipinski definition) is 4. The number of allylic oxidation sites excluding steroid dienone is 1. The molecule has 60 heavy (non-hydrogen) atoms. The Bertz CT molecular complexity index is 2230. The molecule has 2 aliphatic carbocycles. The highest BCUT2D eigenvalue weighted by Crippen LogP contribution is 2.47. The maximum atomic E-state index is 14.7. The van der Waals surface area contributed by atoms with Crippen molar-refractivity contribution in [1.82, 2.24) is 30.2 Å². The van der Waals surface area contributed by atoms with Gasteiger partial charge in [0.25, 0.3) is 5.91 Å². The number of ether oxygens (including phenoxy) is 3. The number of carbonyl (C=O) groups is 4. The van der Waals surface area contributed by atoms with Crippen LogP contribution >= 0.6 is 11.3 Å². The van der Waals surface area contributed by atoms with Crippen molar-refractivity contribution in [3.8, 4) is 33.3 Å². The molecule has 1 unspecified atom stereocenters. The number of fused-ring (bicyclic) bond motifs is 2. The van der Waals surface area contributed by atoms with E-state index in [1.165, 1.54) is 16.2 Å². The van der Waals surface area contributed by atoms with E-state index < -0.39 is 74.3 Å². The third-order valence-electron chi connectivity index (χ3n) is 11.6. The maximum Gasteiger partial charge on any atom is 0.405 e. The van der Waals surface area contributed by atoms with Crippen LogP contribution in [0.1, 0.15) is 79.6 Å². The largest absolute Gasteiger partial charge is 0.491 e. The summed E-state index contributed by atoms with van der Waals surface area (Å²) < 4.78 is 46.3. The van der Waals surface area contributed by atoms with Crippen molar-refractivity contribution in [1.29, 1.82) is 0 Å². The van der Waals surface area contributed by atoms with Crippen molar-refractivity contribution in [3.05, 3.63) is 60.3 Å². The fraction of sp³-hybridized carbons (Fsp3) is 0.524. The Labute approximate surface area is 353 Å². The first-order valence-electron chi connectivity index (χ1n) is 20.4. The molecule has 7 rings (SSSR count). The summed E-state index contributed by atoms with van der Waals surface area (Å²) in [6, 6.07) is 8.39. The van der Waals surface area contributed by atoms with E-state index in [9.17, 15) is 32.7 Å². The summed E-state index contributed by atoms with van der Waals surface area (Å²) in [5.74, 6) is -1.66. The topological polar surface area (TPSA) is 215 Å². The summed E-state index contributed by atoms with van der Waals surface area (Å²) >= 11 is 1.40. The minimum atomic E-state index is -4.04. The molecule has 1 aromatic carbocycles. The second-order valence-corrected chi connectivity index (χ2v) is 19.7. The Morgan fingerprint density at radius 2 is 1.87 bits per heavy atom. The fourth-order valence-electron chi connectivity index (χ4n) is 7.79. The molecular formula is C42H52N6O10S2. The summed E-state index contributed by atoms with van der Waals surface area (Å²) in [5, 5.41) is 15.1. The van der Waals surface area contributed by atoms with Gasteiger partial charge in [0, 0.05) is 36.2 Å². The SMILES string of the molecule is CC[C@@H]1O[C@H](C)CC/C=C\[C@@H]2CC2(C(=O)NS(=O)(=O)C2(C)CC2)NC(=O)[C@@H]2C[C@@H](Oc3cc(-c4ccc(OC(C)C)cc4)nc(-c4cncs4)c3)CN2C(=O)[C@H]1NC(=O)O. The summed E-state index contributed by atoms with van der Waals surface area (Å²) in [5.41, 5.74) is 2.07. The van der Waals surface area contributed by atoms with Crippen LogP contribution < -0.4 is 24.8 Å². The first kappa shape index (κ1) is 43.0. The van der Waals surface area contributed by atoms with Crippen LogP contribution in [0.3, 0.4) is 0 Å². The van der Waals surface area contributed by atoms with E-state index in [-0.39, 0.29) is 38.0 Å². The molecule has 2 saturated carbocycles. The van der Waals surface area contributed by atoms with Crippen LogP contribution in [0.15, 0.2) is 60.3 Å². The van der Waals surface area contributed by atoms with E-state index >= 15 is 0 Å². The van der Waals surface area contributed by atoms with E-state index in [0.717, 1.165) is 10.4 Å². The minimum Gasteiger partial charge on any atom is -0.491 e. The van der Waals surface area contributed by atoms with E-state index in [0.29, 0.717) is 48.6 Å². The molecule has 4 aliphatic rings. The van der Waals surface area contributed by atoms with E-state index in [1.54, 1.807) is 43.8 Å². The van der Waals surface area contributed by atoms with Crippen LogP contribution in [-0.2, 0) is 29.1 Å². The van der Waals surface area contributed by atoms with Gasteiger partial charge in [0.05, 0.1) is 51.4 Å². The zero-order chi connectivity index (χ0) is 43.0. The lowest BCUT2D eigenvalue weighted by atomic mass is 10.0. The highest BCUT2D eigenvalue weighted by atomic mass is 32.2. The Morgan fingerprint density at radius 1 is 1.13 bits per heavy atom. The lowest BCUT2D eigenvalue weighted by Crippen LogP contribution is -2.60. The lowest BCUT2D eigenvalue weighted by molar-refractivity contribution is -0.145. The van der Waals surface area contributed by atoms with Gasteiger partial charge >= 0.3 is 6.09 Å². The quantitative estimate of drug-likeness (QED) is 0.186. The van der Waals surface area contributed by atoms with Gasteiger partial charge < -0.3 is 34.9 Å². The fourth-order valence-corrected chi connectivity index (χ4v) is 9.69. The Balaban J connectivity index is 1.23. The zero-order valence-electron chi connectivity index (χ0n) is 34.3. The van der Waals surface area contributed by atoms with Gasteiger partial charge in [0.2, 0.25) is 21.8 Å². The average Bonchev–Trinajstić information content (AvgIpc) is 3.95. The van der Waals surface area contributed by atoms with Crippen molar-refractivity contribution >= 4 is 45.2 Å². The van der Waals surface area contributed by atoms with Crippen LogP contribution in [-0.4, -0.2) is 106 Å². The average molecular weight is 865 g/mol. The molecule has 18 heteroatoms. The number of carbonyl (C=O) groups excluding carboxylic acids is 3. The van der Waals surface area contributed by atoms with E-state index in [4.69, 9.17) is 19.2 Å². The standard InChI is InChI=1S/C42H52N6O10S2/c1-6-34-36(45-40(52)53)38(50)48-22-30(58-29-17-31(44-32(18-29)35-21-43-23-59-35)26-11-13-28(14-12-26)56-24(2)3)19-33(48)37(49)46-42(20-27(42)10-8-7-9-25(4)57-34)39(51)47-60(54,55)41(5)15-16-41/h8,10-14,17-18,21,23-25,27,30,33-34,36,45H,6-7,9,15-16,19-20,22H2,1-5H3,(H,46,49)(H,47,51)(H,52,53)/b10-8-/t25-,27-,30-,33+,34+,36+,42?/m1/s1. The highest BCUT2D eigenvalue weighted by molar-refractivity contribution is 7.91. The van der Waals surface area contributed by atoms with Crippen molar-refractivity contribution in [2.24, 2.45) is 5.92 Å². The number of benzene rings is 1. The van der Waals surface area contributed by atoms with Gasteiger partial charge in [-0.05, 0) is 90.5 Å². The molecule has 4 amide bonds. The predicted molar refractivity (Wildman–Crippen MR) is 223 cm³/mol. The third-order valence-corrected chi connectivity index (χ3v) is 14.5. The second kappa shape index (κ2) is 17.1. The molecule has 0 spiro atoms. The number of carboxylic acid groups (broad SMARTS) is 1. The van der Waals surface area contributed by atoms with Crippen LogP contribution in [0.2, 0.25) is 0 Å². The van der Waals surface area contributed by atoms with Gasteiger partial charge in [-0.2, -0.15) is 0 Å². The molecule has 16 nitrogen and oxygen atoms in total. The van der Waals surface area contributed by atoms with Crippen LogP contribution in [0.5, 0.6) is 11.5 Å². The Kier molecular flexibility index (Phi) is 12.3. The molecule has 1 saturated heterocycles. The van der Waals surface area contributed by atoms with E-state index in [1.807, 2.05) is 51.1 Å². The first-order chi connectivity index (χ1) is 28.5. The highest BCUT2D eigenvalue weighted by Gasteiger charge is 2.63. The molecule has 3 fully saturated rings. The number of thiazole rings is 1. The summed E-state index contributed by atoms with van der Waals surface area (Å²) in [6.45, 7) is 8.96. The van der Waals surface area contributed by atoms with Crippen LogP contribution in [0.25, 0.3) is 21.8 Å². The van der Waals surface area contributed by atoms with Gasteiger partial charge in [-0.3, -0.25) is 24.1 Å². The van der Waals surface area contributed by atoms with Gasteiger partial charge in [-0.1, -0.05) is 19.1 Å². The van der Waals surface area contributed by atoms with Crippen molar-refractivity contribution in [2.75, 3.05) is 6.54 Å². The first-order valence-corrected chi connectivity index (χ1v) is 22.7. The molecule has 322 valence electrons. The van der Waals surface area contributed by atoms with E-state index in [2.05, 4.69) is 20.3 Å². The number of pyridine rings is 1. The molecule has 3 aromatic rings. The normalized spacial score (nSPS) is 28.3. The monoisotopic (exact) mass is 864 g/mol. The molecule has 2 aliphatic heterocycles. The molecular weight excluding hydrogens is 813 g/mol. The number of nitrogens with zero attached hydrogens (tertiary/aromatic N) is 3.